The molecule has 2 aromatic carbocycles. The lowest BCUT2D eigenvalue weighted by molar-refractivity contribution is -0.767. The van der Waals surface area contributed by atoms with Gasteiger partial charge in [0.1, 0.15) is 24.1 Å². The zero-order valence-electron chi connectivity index (χ0n) is 30.0. The first-order valence-corrected chi connectivity index (χ1v) is 17.9. The Labute approximate surface area is 318 Å². The van der Waals surface area contributed by atoms with E-state index in [1.165, 1.54) is 13.8 Å². The first-order valence-electron chi connectivity index (χ1n) is 17.5. The summed E-state index contributed by atoms with van der Waals surface area (Å²) >= 11 is 6.53. The Bertz CT molecular complexity index is 1980. The monoisotopic (exact) mass is 783 g/mol. The van der Waals surface area contributed by atoms with Gasteiger partial charge in [-0.2, -0.15) is 5.21 Å². The maximum absolute atomic E-state index is 13.5. The summed E-state index contributed by atoms with van der Waals surface area (Å²) in [7, 11) is 0. The number of rotatable bonds is 16. The first kappa shape index (κ1) is 39.0. The quantitative estimate of drug-likeness (QED) is 0.0542. The van der Waals surface area contributed by atoms with Crippen LogP contribution in [-0.4, -0.2) is 103 Å². The number of unbranched alkanes of at least 4 members (excludes halogenated alkanes) is 1. The normalized spacial score (nSPS) is 19.9. The number of nitrogens with one attached hydrogen (secondary N) is 1. The number of imidazole rings is 1. The number of esters is 2. The van der Waals surface area contributed by atoms with Gasteiger partial charge in [0.2, 0.25) is 12.1 Å². The standard InChI is InChI=1S/C35H38ClN7O12/c1-4-5-10-27-37-32(36)29(42(27)16-21-11-13-22(14-12-21)23-8-6-7-9-24(23)33-38-40-41-39-33)34(45)51-20(3)52-35(46)54-26-18-50-30-25(17-49-31(26)30)53-28(44)15-19(2)55-43(47)48/h6-9,11-14,19-20,25-26,30-31H,4-5,10,15-18H2,1-3H3,(H,38,39,40,41)/t19-,20?,25-,26-,30?,31?/m0/s1. The van der Waals surface area contributed by atoms with Gasteiger partial charge in [-0.3, -0.25) is 4.79 Å². The van der Waals surface area contributed by atoms with Crippen LogP contribution < -0.4 is 0 Å². The van der Waals surface area contributed by atoms with E-state index in [2.05, 4.69) is 30.4 Å². The van der Waals surface area contributed by atoms with Gasteiger partial charge in [0.25, 0.3) is 5.09 Å². The number of aromatic nitrogens is 6. The third-order valence-electron chi connectivity index (χ3n) is 8.82. The average molecular weight is 784 g/mol. The van der Waals surface area contributed by atoms with Crippen molar-refractivity contribution in [1.82, 2.24) is 30.2 Å². The number of H-pyrrole nitrogens is 1. The molecule has 4 heterocycles. The van der Waals surface area contributed by atoms with Gasteiger partial charge in [-0.25, -0.2) is 14.6 Å². The van der Waals surface area contributed by atoms with Gasteiger partial charge in [0, 0.05) is 25.5 Å². The summed E-state index contributed by atoms with van der Waals surface area (Å²) in [4.78, 5) is 57.8. The number of ether oxygens (including phenoxy) is 6. The molecule has 2 saturated heterocycles. The summed E-state index contributed by atoms with van der Waals surface area (Å²) in [5.41, 5.74) is 3.50. The molecule has 2 aliphatic rings. The van der Waals surface area contributed by atoms with E-state index in [9.17, 15) is 24.5 Å². The number of hydrogen-bond acceptors (Lipinski definition) is 16. The molecule has 3 unspecified atom stereocenters. The van der Waals surface area contributed by atoms with E-state index >= 15 is 0 Å². The minimum atomic E-state index is -1.39. The van der Waals surface area contributed by atoms with Crippen molar-refractivity contribution in [2.24, 2.45) is 0 Å². The van der Waals surface area contributed by atoms with Crippen molar-refractivity contribution >= 4 is 29.7 Å². The Kier molecular flexibility index (Phi) is 12.5. The third-order valence-corrected chi connectivity index (χ3v) is 9.08. The summed E-state index contributed by atoms with van der Waals surface area (Å²) in [6, 6.07) is 15.5. The van der Waals surface area contributed by atoms with E-state index in [0.29, 0.717) is 18.1 Å². The highest BCUT2D eigenvalue weighted by molar-refractivity contribution is 6.32. The summed E-state index contributed by atoms with van der Waals surface area (Å²) in [6.07, 6.45) is -4.97. The van der Waals surface area contributed by atoms with Gasteiger partial charge in [-0.05, 0) is 35.2 Å². The molecule has 6 atom stereocenters. The molecular weight excluding hydrogens is 746 g/mol. The van der Waals surface area contributed by atoms with Crippen LogP contribution in [0.4, 0.5) is 4.79 Å². The Morgan fingerprint density at radius 1 is 1.02 bits per heavy atom. The van der Waals surface area contributed by atoms with Gasteiger partial charge < -0.3 is 37.8 Å². The van der Waals surface area contributed by atoms with Gasteiger partial charge >= 0.3 is 18.1 Å². The number of fused-ring (bicyclic) bond motifs is 1. The number of halogens is 1. The number of aryl methyl sites for hydroxylation is 1. The van der Waals surface area contributed by atoms with Crippen molar-refractivity contribution in [3.63, 3.8) is 0 Å². The molecular formula is C35H38ClN7O12. The Morgan fingerprint density at radius 2 is 1.71 bits per heavy atom. The van der Waals surface area contributed by atoms with Crippen molar-refractivity contribution in [2.45, 2.75) is 89.8 Å². The number of tetrazole rings is 1. The van der Waals surface area contributed by atoms with Crippen LogP contribution in [0.25, 0.3) is 22.5 Å². The second-order valence-corrected chi connectivity index (χ2v) is 13.2. The van der Waals surface area contributed by atoms with Crippen molar-refractivity contribution < 1.29 is 52.7 Å². The Hall–Kier alpha value is -5.66. The minimum Gasteiger partial charge on any atom is -0.457 e. The molecule has 1 N–H and O–H groups in total. The van der Waals surface area contributed by atoms with Crippen molar-refractivity contribution in [1.29, 1.82) is 0 Å². The van der Waals surface area contributed by atoms with Gasteiger partial charge in [0.05, 0.1) is 19.6 Å². The van der Waals surface area contributed by atoms with Crippen LogP contribution in [0.2, 0.25) is 5.15 Å². The smallest absolute Gasteiger partial charge is 0.457 e. The first-order chi connectivity index (χ1) is 26.5. The zero-order valence-corrected chi connectivity index (χ0v) is 30.7. The highest BCUT2D eigenvalue weighted by atomic mass is 35.5. The molecule has 0 spiro atoms. The molecule has 0 radical (unpaired) electrons. The van der Waals surface area contributed by atoms with Crippen LogP contribution in [-0.2, 0) is 51.0 Å². The molecule has 292 valence electrons. The van der Waals surface area contributed by atoms with Crippen LogP contribution >= 0.6 is 11.6 Å². The van der Waals surface area contributed by atoms with Crippen LogP contribution in [0.15, 0.2) is 48.5 Å². The fourth-order valence-corrected chi connectivity index (χ4v) is 6.60. The molecule has 0 amide bonds. The number of nitrogens with zero attached hydrogens (tertiary/aromatic N) is 6. The van der Waals surface area contributed by atoms with Crippen molar-refractivity contribution in [2.75, 3.05) is 13.2 Å². The summed E-state index contributed by atoms with van der Waals surface area (Å²) in [5.74, 6) is -0.549. The lowest BCUT2D eigenvalue weighted by Crippen LogP contribution is -2.37. The molecule has 20 heteroatoms. The molecule has 0 aliphatic carbocycles. The predicted molar refractivity (Wildman–Crippen MR) is 188 cm³/mol. The predicted octanol–water partition coefficient (Wildman–Crippen LogP) is 4.50. The second-order valence-electron chi connectivity index (χ2n) is 12.8. The van der Waals surface area contributed by atoms with Crippen LogP contribution in [0, 0.1) is 10.1 Å². The summed E-state index contributed by atoms with van der Waals surface area (Å²) in [5, 5.41) is 23.8. The van der Waals surface area contributed by atoms with E-state index in [0.717, 1.165) is 35.1 Å². The summed E-state index contributed by atoms with van der Waals surface area (Å²) < 4.78 is 34.5. The van der Waals surface area contributed by atoms with Crippen molar-refractivity contribution in [3.8, 4) is 22.5 Å². The van der Waals surface area contributed by atoms with E-state index in [-0.39, 0.29) is 37.0 Å². The zero-order chi connectivity index (χ0) is 39.1. The number of aromatic amines is 1. The number of benzene rings is 2. The van der Waals surface area contributed by atoms with Crippen molar-refractivity contribution in [3.05, 3.63) is 80.9 Å². The molecule has 2 aromatic heterocycles. The van der Waals surface area contributed by atoms with Gasteiger partial charge in [0.15, 0.2) is 23.1 Å². The molecule has 6 rings (SSSR count). The van der Waals surface area contributed by atoms with Gasteiger partial charge in [-0.15, -0.1) is 20.3 Å². The fraction of sp³-hybridized carbons (Fsp3) is 0.457. The molecule has 55 heavy (non-hydrogen) atoms. The third kappa shape index (κ3) is 9.53. The Balaban J connectivity index is 1.06. The number of carbonyl (C=O) groups excluding carboxylic acids is 3. The topological polar surface area (TPSA) is 231 Å². The van der Waals surface area contributed by atoms with E-state index in [4.69, 9.17) is 40.0 Å². The molecule has 4 aromatic rings. The minimum absolute atomic E-state index is 0.00516. The number of carbonyl (C=O) groups is 3. The SMILES string of the molecule is CCCCc1nc(Cl)c(C(=O)OC(C)OC(=O)O[C@H]2COC3C2OC[C@@H]3OC(=O)C[C@H](C)O[N+](=O)[O-])n1Cc1ccc(-c2ccccc2-c2nn[nH]n2)cc1. The largest absolute Gasteiger partial charge is 0.511 e. The highest BCUT2D eigenvalue weighted by Crippen LogP contribution is 2.32. The number of hydrogen-bond donors (Lipinski definition) is 1. The average Bonchev–Trinajstić information content (AvgIpc) is 3.94. The maximum Gasteiger partial charge on any atom is 0.511 e. The fourth-order valence-electron chi connectivity index (χ4n) is 6.32. The van der Waals surface area contributed by atoms with Gasteiger partial charge in [-0.1, -0.05) is 73.5 Å². The van der Waals surface area contributed by atoms with Crippen LogP contribution in [0.1, 0.15) is 61.9 Å². The van der Waals surface area contributed by atoms with E-state index in [1.54, 1.807) is 4.57 Å². The molecule has 2 aliphatic heterocycles. The molecule has 2 fully saturated rings. The molecule has 19 nitrogen and oxygen atoms in total. The second kappa shape index (κ2) is 17.7. The lowest BCUT2D eigenvalue weighted by Gasteiger charge is -2.19. The van der Waals surface area contributed by atoms with E-state index < -0.39 is 60.0 Å². The molecule has 0 saturated carbocycles. The Morgan fingerprint density at radius 3 is 2.36 bits per heavy atom. The van der Waals surface area contributed by atoms with E-state index in [1.807, 2.05) is 55.5 Å². The maximum atomic E-state index is 13.5. The van der Waals surface area contributed by atoms with Crippen LogP contribution in [0.5, 0.6) is 0 Å². The highest BCUT2D eigenvalue weighted by Gasteiger charge is 2.51. The molecule has 0 bridgehead atoms. The summed E-state index contributed by atoms with van der Waals surface area (Å²) in [6.45, 7) is 4.85. The van der Waals surface area contributed by atoms with Crippen LogP contribution in [0.3, 0.4) is 0 Å². The lowest BCUT2D eigenvalue weighted by atomic mass is 9.98.